The second-order valence-electron chi connectivity index (χ2n) is 9.65. The molecule has 3 aromatic carbocycles. The highest BCUT2D eigenvalue weighted by Gasteiger charge is 2.40. The summed E-state index contributed by atoms with van der Waals surface area (Å²) in [7, 11) is 0. The molecule has 0 N–H and O–H groups in total. The molecular weight excluding hydrogens is 544 g/mol. The maximum absolute atomic E-state index is 13.5. The van der Waals surface area contributed by atoms with Crippen LogP contribution in [0.3, 0.4) is 0 Å². The maximum atomic E-state index is 13.5. The Balaban J connectivity index is 1.67. The molecule has 1 aliphatic carbocycles. The predicted octanol–water partition coefficient (Wildman–Crippen LogP) is 4.14. The average Bonchev–Trinajstić information content (AvgIpc) is 2.95. The molecule has 0 bridgehead atoms. The van der Waals surface area contributed by atoms with Gasteiger partial charge in [0.1, 0.15) is 18.0 Å². The summed E-state index contributed by atoms with van der Waals surface area (Å²) >= 11 is 0. The average molecular weight is 575 g/mol. The van der Waals surface area contributed by atoms with Gasteiger partial charge in [-0.2, -0.15) is 0 Å². The van der Waals surface area contributed by atoms with Crippen LogP contribution >= 0.6 is 0 Å². The highest BCUT2D eigenvalue weighted by molar-refractivity contribution is 5.81. The molecule has 218 valence electrons. The van der Waals surface area contributed by atoms with Crippen molar-refractivity contribution >= 4 is 29.8 Å². The number of fused-ring (bicyclic) bond motifs is 1. The van der Waals surface area contributed by atoms with Gasteiger partial charge >= 0.3 is 29.8 Å². The van der Waals surface area contributed by atoms with Crippen LogP contribution in [0.5, 0.6) is 5.75 Å². The van der Waals surface area contributed by atoms with E-state index in [0.29, 0.717) is 22.3 Å². The normalized spacial score (nSPS) is 17.0. The molecule has 3 aromatic rings. The van der Waals surface area contributed by atoms with Gasteiger partial charge in [0, 0.05) is 50.3 Å². The second kappa shape index (κ2) is 13.6. The summed E-state index contributed by atoms with van der Waals surface area (Å²) in [6.45, 7) is 3.63. The van der Waals surface area contributed by atoms with E-state index in [9.17, 15) is 24.0 Å². The molecule has 10 heteroatoms. The number of benzene rings is 3. The van der Waals surface area contributed by atoms with Gasteiger partial charge in [0.05, 0.1) is 0 Å². The van der Waals surface area contributed by atoms with Gasteiger partial charge in [-0.25, -0.2) is 9.59 Å². The number of carbonyl (C=O) groups excluding carboxylic acids is 5. The molecular formula is C32H30O10. The Morgan fingerprint density at radius 1 is 0.595 bits per heavy atom. The van der Waals surface area contributed by atoms with Crippen LogP contribution in [-0.4, -0.2) is 42.1 Å². The summed E-state index contributed by atoms with van der Waals surface area (Å²) in [5.41, 5.74) is 2.10. The molecule has 0 saturated carbocycles. The number of ether oxygens (including phenoxy) is 5. The highest BCUT2D eigenvalue weighted by atomic mass is 16.6. The van der Waals surface area contributed by atoms with E-state index in [0.717, 1.165) is 0 Å². The van der Waals surface area contributed by atoms with Gasteiger partial charge in [0.15, 0.2) is 0 Å². The van der Waals surface area contributed by atoms with E-state index >= 15 is 0 Å². The van der Waals surface area contributed by atoms with Gasteiger partial charge in [-0.3, -0.25) is 14.4 Å². The maximum Gasteiger partial charge on any atom is 0.352 e. The van der Waals surface area contributed by atoms with Gasteiger partial charge < -0.3 is 23.7 Å². The third-order valence-corrected chi connectivity index (χ3v) is 6.46. The lowest BCUT2D eigenvalue weighted by Gasteiger charge is -2.34. The Morgan fingerprint density at radius 3 is 1.52 bits per heavy atom. The molecule has 4 rings (SSSR count). The fourth-order valence-corrected chi connectivity index (χ4v) is 4.71. The number of hydrogen-bond acceptors (Lipinski definition) is 10. The molecule has 0 amide bonds. The Labute approximate surface area is 242 Å². The minimum atomic E-state index is -1.37. The summed E-state index contributed by atoms with van der Waals surface area (Å²) < 4.78 is 27.7. The van der Waals surface area contributed by atoms with Crippen LogP contribution in [0.2, 0.25) is 0 Å². The van der Waals surface area contributed by atoms with Crippen LogP contribution in [-0.2, 0) is 55.8 Å². The smallest absolute Gasteiger partial charge is 0.352 e. The highest BCUT2D eigenvalue weighted by Crippen LogP contribution is 2.34. The Bertz CT molecular complexity index is 1450. The molecule has 0 aliphatic heterocycles. The van der Waals surface area contributed by atoms with Crippen molar-refractivity contribution in [3.63, 3.8) is 0 Å². The van der Waals surface area contributed by atoms with E-state index in [2.05, 4.69) is 0 Å². The van der Waals surface area contributed by atoms with Crippen LogP contribution in [0.1, 0.15) is 55.2 Å². The summed E-state index contributed by atoms with van der Waals surface area (Å²) in [6.07, 6.45) is -4.69. The first-order valence-corrected chi connectivity index (χ1v) is 13.3. The summed E-state index contributed by atoms with van der Waals surface area (Å²) in [5.74, 6) is -3.36. The molecule has 4 atom stereocenters. The van der Waals surface area contributed by atoms with Gasteiger partial charge in [0.25, 0.3) is 0 Å². The van der Waals surface area contributed by atoms with Crippen molar-refractivity contribution in [2.75, 3.05) is 0 Å². The van der Waals surface area contributed by atoms with Crippen LogP contribution in [0.15, 0.2) is 78.9 Å². The van der Waals surface area contributed by atoms with Crippen molar-refractivity contribution in [1.82, 2.24) is 0 Å². The molecule has 0 fully saturated rings. The van der Waals surface area contributed by atoms with Crippen molar-refractivity contribution < 1.29 is 47.7 Å². The Kier molecular flexibility index (Phi) is 9.69. The van der Waals surface area contributed by atoms with Crippen molar-refractivity contribution in [2.45, 2.75) is 58.0 Å². The minimum absolute atomic E-state index is 0.0215. The molecule has 0 radical (unpaired) electrons. The number of hydrogen-bond donors (Lipinski definition) is 0. The van der Waals surface area contributed by atoms with E-state index < -0.39 is 54.3 Å². The lowest BCUT2D eigenvalue weighted by atomic mass is 9.86. The van der Waals surface area contributed by atoms with Crippen LogP contribution in [0.25, 0.3) is 0 Å². The van der Waals surface area contributed by atoms with Crippen molar-refractivity contribution in [1.29, 1.82) is 0 Å². The third kappa shape index (κ3) is 7.60. The molecule has 0 spiro atoms. The topological polar surface area (TPSA) is 132 Å². The quantitative estimate of drug-likeness (QED) is 0.209. The summed E-state index contributed by atoms with van der Waals surface area (Å²) in [5, 5.41) is 0. The van der Waals surface area contributed by atoms with Gasteiger partial charge in [-0.05, 0) is 11.6 Å². The van der Waals surface area contributed by atoms with Crippen molar-refractivity contribution in [2.24, 2.45) is 0 Å². The molecule has 0 heterocycles. The van der Waals surface area contributed by atoms with E-state index in [-0.39, 0.29) is 18.6 Å². The number of carbonyl (C=O) groups is 5. The first-order chi connectivity index (χ1) is 20.1. The SMILES string of the molecule is CC(=O)Oc1cccc2c1CC(OC(=O)C(OC(C)=O)c1ccccc1)C(OC(=O)C(OC(C)=O)c1ccccc1)C2. The first kappa shape index (κ1) is 30.0. The Morgan fingerprint density at radius 2 is 1.07 bits per heavy atom. The zero-order valence-electron chi connectivity index (χ0n) is 23.3. The number of rotatable bonds is 9. The zero-order chi connectivity index (χ0) is 30.2. The fraction of sp³-hybridized carbons (Fsp3) is 0.281. The van der Waals surface area contributed by atoms with Gasteiger partial charge in [0.2, 0.25) is 12.2 Å². The fourth-order valence-electron chi connectivity index (χ4n) is 4.71. The summed E-state index contributed by atoms with van der Waals surface area (Å²) in [4.78, 5) is 62.3. The predicted molar refractivity (Wildman–Crippen MR) is 147 cm³/mol. The molecule has 0 aromatic heterocycles. The van der Waals surface area contributed by atoms with Gasteiger partial charge in [-0.15, -0.1) is 0 Å². The van der Waals surface area contributed by atoms with Crippen molar-refractivity contribution in [3.8, 4) is 5.75 Å². The van der Waals surface area contributed by atoms with Crippen LogP contribution in [0, 0.1) is 0 Å². The molecule has 4 unspecified atom stereocenters. The Hall–Kier alpha value is -4.99. The summed E-state index contributed by atoms with van der Waals surface area (Å²) in [6, 6.07) is 21.8. The zero-order valence-corrected chi connectivity index (χ0v) is 23.3. The monoisotopic (exact) mass is 574 g/mol. The van der Waals surface area contributed by atoms with Crippen LogP contribution < -0.4 is 4.74 Å². The molecule has 10 nitrogen and oxygen atoms in total. The van der Waals surface area contributed by atoms with E-state index in [1.165, 1.54) is 20.8 Å². The van der Waals surface area contributed by atoms with E-state index in [1.807, 2.05) is 0 Å². The van der Waals surface area contributed by atoms with E-state index in [4.69, 9.17) is 23.7 Å². The minimum Gasteiger partial charge on any atom is -0.455 e. The third-order valence-electron chi connectivity index (χ3n) is 6.46. The lowest BCUT2D eigenvalue weighted by molar-refractivity contribution is -0.186. The standard InChI is InChI=1S/C32H30O10/c1-19(33)38-26-16-10-15-24-17-27(41-31(36)29(39-20(2)34)22-11-6-4-7-12-22)28(18-25(24)26)42-32(37)30(40-21(3)35)23-13-8-5-9-14-23/h4-16,27-30H,17-18H2,1-3H3. The first-order valence-electron chi connectivity index (χ1n) is 13.3. The number of esters is 5. The molecule has 0 saturated heterocycles. The van der Waals surface area contributed by atoms with Crippen LogP contribution in [0.4, 0.5) is 0 Å². The largest absolute Gasteiger partial charge is 0.455 e. The molecule has 1 aliphatic rings. The molecule has 42 heavy (non-hydrogen) atoms. The van der Waals surface area contributed by atoms with Gasteiger partial charge in [-0.1, -0.05) is 72.8 Å². The second-order valence-corrected chi connectivity index (χ2v) is 9.65. The van der Waals surface area contributed by atoms with E-state index in [1.54, 1.807) is 78.9 Å². The van der Waals surface area contributed by atoms with Crippen molar-refractivity contribution in [3.05, 3.63) is 101 Å². The lowest BCUT2D eigenvalue weighted by Crippen LogP contribution is -2.43.